The predicted octanol–water partition coefficient (Wildman–Crippen LogP) is 3.24. The van der Waals surface area contributed by atoms with Gasteiger partial charge in [0.05, 0.1) is 5.25 Å². The van der Waals surface area contributed by atoms with Gasteiger partial charge in [0.15, 0.2) is 0 Å². The average Bonchev–Trinajstić information content (AvgIpc) is 2.46. The Morgan fingerprint density at radius 2 is 2.13 bits per heavy atom. The zero-order valence-electron chi connectivity index (χ0n) is 7.96. The molecule has 0 spiro atoms. The molecule has 2 atom stereocenters. The molecule has 1 aromatic rings. The highest BCUT2D eigenvalue weighted by molar-refractivity contribution is 8.01. The topological polar surface area (TPSA) is 29.1 Å². The van der Waals surface area contributed by atoms with Crippen LogP contribution in [0.25, 0.3) is 0 Å². The van der Waals surface area contributed by atoms with Gasteiger partial charge in [-0.05, 0) is 19.1 Å². The van der Waals surface area contributed by atoms with Crippen molar-refractivity contribution in [3.63, 3.8) is 0 Å². The lowest BCUT2D eigenvalue weighted by atomic mass is 10.2. The van der Waals surface area contributed by atoms with Gasteiger partial charge in [0.25, 0.3) is 0 Å². The summed E-state index contributed by atoms with van der Waals surface area (Å²) in [4.78, 5) is 11.3. The average molecular weight is 262 g/mol. The van der Waals surface area contributed by atoms with E-state index in [9.17, 15) is 4.79 Å². The largest absolute Gasteiger partial charge is 0.339 e. The Kier molecular flexibility index (Phi) is 3.14. The molecule has 1 aromatic carbocycles. The fourth-order valence-electron chi connectivity index (χ4n) is 1.41. The second kappa shape index (κ2) is 4.24. The van der Waals surface area contributed by atoms with Crippen LogP contribution >= 0.6 is 35.0 Å². The van der Waals surface area contributed by atoms with Gasteiger partial charge >= 0.3 is 0 Å². The maximum atomic E-state index is 11.3. The van der Waals surface area contributed by atoms with E-state index in [2.05, 4.69) is 5.32 Å². The van der Waals surface area contributed by atoms with Crippen LogP contribution in [0.15, 0.2) is 18.2 Å². The van der Waals surface area contributed by atoms with Crippen LogP contribution in [-0.2, 0) is 4.79 Å². The van der Waals surface area contributed by atoms with E-state index in [4.69, 9.17) is 23.2 Å². The number of nitrogens with one attached hydrogen (secondary N) is 1. The van der Waals surface area contributed by atoms with Crippen LogP contribution in [0.5, 0.6) is 0 Å². The van der Waals surface area contributed by atoms with Gasteiger partial charge in [0.1, 0.15) is 5.37 Å². The standard InChI is InChI=1S/C10H9Cl2NOS/c1-5-9(14)13-10(15-5)7-3-2-6(11)4-8(7)12/h2-5,10H,1H3,(H,13,14)/t5-,10+/m0/s1. The van der Waals surface area contributed by atoms with Gasteiger partial charge in [0, 0.05) is 15.6 Å². The first-order valence-electron chi connectivity index (χ1n) is 4.48. The summed E-state index contributed by atoms with van der Waals surface area (Å²) in [7, 11) is 0. The van der Waals surface area contributed by atoms with Crippen molar-refractivity contribution in [1.82, 2.24) is 5.32 Å². The number of rotatable bonds is 1. The van der Waals surface area contributed by atoms with Crippen LogP contribution in [0.1, 0.15) is 17.9 Å². The van der Waals surface area contributed by atoms with Gasteiger partial charge in [-0.3, -0.25) is 4.79 Å². The van der Waals surface area contributed by atoms with E-state index in [1.54, 1.807) is 23.9 Å². The highest BCUT2D eigenvalue weighted by Gasteiger charge is 2.31. The molecule has 1 fully saturated rings. The summed E-state index contributed by atoms with van der Waals surface area (Å²) < 4.78 is 0. The Morgan fingerprint density at radius 1 is 1.40 bits per heavy atom. The monoisotopic (exact) mass is 261 g/mol. The van der Waals surface area contributed by atoms with Crippen LogP contribution in [0.4, 0.5) is 0 Å². The minimum Gasteiger partial charge on any atom is -0.339 e. The first kappa shape index (κ1) is 11.1. The summed E-state index contributed by atoms with van der Waals surface area (Å²) in [5, 5.41) is 3.99. The SMILES string of the molecule is C[C@@H]1S[C@H](c2ccc(Cl)cc2Cl)NC1=O. The molecular formula is C10H9Cl2NOS. The van der Waals surface area contributed by atoms with Crippen molar-refractivity contribution in [2.45, 2.75) is 17.5 Å². The van der Waals surface area contributed by atoms with Crippen LogP contribution in [0.2, 0.25) is 10.0 Å². The summed E-state index contributed by atoms with van der Waals surface area (Å²) >= 11 is 13.4. The maximum Gasteiger partial charge on any atom is 0.234 e. The van der Waals surface area contributed by atoms with Gasteiger partial charge in [0.2, 0.25) is 5.91 Å². The summed E-state index contributed by atoms with van der Waals surface area (Å²) in [5.41, 5.74) is 0.906. The molecule has 1 N–H and O–H groups in total. The molecule has 1 heterocycles. The van der Waals surface area contributed by atoms with Crippen molar-refractivity contribution >= 4 is 40.9 Å². The Balaban J connectivity index is 2.27. The fraction of sp³-hybridized carbons (Fsp3) is 0.300. The molecule has 0 aliphatic carbocycles. The van der Waals surface area contributed by atoms with Crippen LogP contribution in [-0.4, -0.2) is 11.2 Å². The Bertz CT molecular complexity index is 410. The molecule has 1 saturated heterocycles. The van der Waals surface area contributed by atoms with Crippen molar-refractivity contribution in [2.24, 2.45) is 0 Å². The van der Waals surface area contributed by atoms with Crippen LogP contribution in [0.3, 0.4) is 0 Å². The zero-order chi connectivity index (χ0) is 11.0. The smallest absolute Gasteiger partial charge is 0.234 e. The fourth-order valence-corrected chi connectivity index (χ4v) is 3.13. The lowest BCUT2D eigenvalue weighted by Crippen LogP contribution is -2.22. The van der Waals surface area contributed by atoms with E-state index in [0.717, 1.165) is 5.56 Å². The molecule has 0 bridgehead atoms. The lowest BCUT2D eigenvalue weighted by molar-refractivity contribution is -0.119. The molecule has 1 aliphatic heterocycles. The summed E-state index contributed by atoms with van der Waals surface area (Å²) in [5.74, 6) is 0.0519. The Morgan fingerprint density at radius 3 is 2.67 bits per heavy atom. The second-order valence-electron chi connectivity index (χ2n) is 3.33. The van der Waals surface area contributed by atoms with Crippen LogP contribution in [0, 0.1) is 0 Å². The van der Waals surface area contributed by atoms with E-state index in [0.29, 0.717) is 10.0 Å². The molecule has 2 rings (SSSR count). The summed E-state index contributed by atoms with van der Waals surface area (Å²) in [6.45, 7) is 1.88. The third-order valence-electron chi connectivity index (χ3n) is 2.23. The van der Waals surface area contributed by atoms with Crippen molar-refractivity contribution in [2.75, 3.05) is 0 Å². The Labute approximate surface area is 102 Å². The van der Waals surface area contributed by atoms with Gasteiger partial charge in [-0.15, -0.1) is 11.8 Å². The van der Waals surface area contributed by atoms with Crippen molar-refractivity contribution in [3.8, 4) is 0 Å². The number of benzene rings is 1. The number of carbonyl (C=O) groups is 1. The summed E-state index contributed by atoms with van der Waals surface area (Å²) in [6.07, 6.45) is 0. The highest BCUT2D eigenvalue weighted by Crippen LogP contribution is 2.39. The molecule has 80 valence electrons. The molecule has 0 unspecified atom stereocenters. The first-order valence-corrected chi connectivity index (χ1v) is 6.18. The molecule has 1 amide bonds. The van der Waals surface area contributed by atoms with E-state index in [1.807, 2.05) is 13.0 Å². The number of thioether (sulfide) groups is 1. The van der Waals surface area contributed by atoms with Crippen molar-refractivity contribution in [1.29, 1.82) is 0 Å². The van der Waals surface area contributed by atoms with E-state index >= 15 is 0 Å². The van der Waals surface area contributed by atoms with Gasteiger partial charge in [-0.25, -0.2) is 0 Å². The molecular weight excluding hydrogens is 253 g/mol. The van der Waals surface area contributed by atoms with Gasteiger partial charge in [-0.1, -0.05) is 29.3 Å². The lowest BCUT2D eigenvalue weighted by Gasteiger charge is -2.11. The molecule has 0 radical (unpaired) electrons. The zero-order valence-corrected chi connectivity index (χ0v) is 10.3. The quantitative estimate of drug-likeness (QED) is 0.841. The second-order valence-corrected chi connectivity index (χ2v) is 5.63. The van der Waals surface area contributed by atoms with Gasteiger partial charge < -0.3 is 5.32 Å². The third kappa shape index (κ3) is 2.25. The minimum atomic E-state index is -0.0581. The highest BCUT2D eigenvalue weighted by atomic mass is 35.5. The number of hydrogen-bond acceptors (Lipinski definition) is 2. The maximum absolute atomic E-state index is 11.3. The molecule has 0 aromatic heterocycles. The van der Waals surface area contributed by atoms with Gasteiger partial charge in [-0.2, -0.15) is 0 Å². The van der Waals surface area contributed by atoms with E-state index in [1.165, 1.54) is 0 Å². The van der Waals surface area contributed by atoms with Crippen LogP contribution < -0.4 is 5.32 Å². The third-order valence-corrected chi connectivity index (χ3v) is 4.06. The number of amides is 1. The number of hydrogen-bond donors (Lipinski definition) is 1. The summed E-state index contributed by atoms with van der Waals surface area (Å²) in [6, 6.07) is 5.31. The Hall–Kier alpha value is -0.380. The van der Waals surface area contributed by atoms with E-state index in [-0.39, 0.29) is 16.5 Å². The minimum absolute atomic E-state index is 0.0262. The van der Waals surface area contributed by atoms with Crippen molar-refractivity contribution < 1.29 is 4.79 Å². The molecule has 2 nitrogen and oxygen atoms in total. The number of halogens is 2. The normalized spacial score (nSPS) is 25.4. The van der Waals surface area contributed by atoms with Crippen molar-refractivity contribution in [3.05, 3.63) is 33.8 Å². The molecule has 1 aliphatic rings. The molecule has 5 heteroatoms. The number of carbonyl (C=O) groups excluding carboxylic acids is 1. The predicted molar refractivity (Wildman–Crippen MR) is 64.4 cm³/mol. The molecule has 0 saturated carbocycles. The first-order chi connectivity index (χ1) is 7.08. The molecule has 15 heavy (non-hydrogen) atoms. The van der Waals surface area contributed by atoms with E-state index < -0.39 is 0 Å².